The van der Waals surface area contributed by atoms with Crippen LogP contribution in [0.1, 0.15) is 31.4 Å². The fraction of sp³-hybridized carbons (Fsp3) is 0.583. The predicted octanol–water partition coefficient (Wildman–Crippen LogP) is 2.25. The number of aromatic nitrogens is 1. The van der Waals surface area contributed by atoms with Gasteiger partial charge in [-0.25, -0.2) is 4.98 Å². The van der Waals surface area contributed by atoms with Crippen molar-refractivity contribution in [3.05, 3.63) is 23.9 Å². The number of ether oxygens (including phenoxy) is 1. The lowest BCUT2D eigenvalue weighted by Crippen LogP contribution is -2.22. The molecule has 1 aliphatic heterocycles. The molecule has 0 N–H and O–H groups in total. The number of hydrogen-bond donors (Lipinski definition) is 0. The van der Waals surface area contributed by atoms with Crippen molar-refractivity contribution in [3.8, 4) is 5.88 Å². The molecule has 0 aliphatic carbocycles. The van der Waals surface area contributed by atoms with E-state index in [0.717, 1.165) is 6.54 Å². The van der Waals surface area contributed by atoms with E-state index in [1.54, 1.807) is 7.11 Å². The van der Waals surface area contributed by atoms with Gasteiger partial charge in [0.05, 0.1) is 7.11 Å². The Morgan fingerprint density at radius 1 is 1.53 bits per heavy atom. The summed E-state index contributed by atoms with van der Waals surface area (Å²) < 4.78 is 5.06. The van der Waals surface area contributed by atoms with Crippen LogP contribution in [0.25, 0.3) is 0 Å². The van der Waals surface area contributed by atoms with Crippen molar-refractivity contribution >= 4 is 0 Å². The normalized spacial score (nSPS) is 21.9. The van der Waals surface area contributed by atoms with Crippen molar-refractivity contribution < 1.29 is 4.74 Å². The second kappa shape index (κ2) is 4.62. The van der Waals surface area contributed by atoms with Gasteiger partial charge in [0.2, 0.25) is 5.88 Å². The highest BCUT2D eigenvalue weighted by molar-refractivity contribution is 5.21. The van der Waals surface area contributed by atoms with Gasteiger partial charge in [0.1, 0.15) is 0 Å². The minimum Gasteiger partial charge on any atom is -0.481 e. The maximum absolute atomic E-state index is 5.06. The van der Waals surface area contributed by atoms with Crippen molar-refractivity contribution in [1.29, 1.82) is 0 Å². The molecule has 0 spiro atoms. The lowest BCUT2D eigenvalue weighted by molar-refractivity contribution is 0.271. The first-order chi connectivity index (χ1) is 7.35. The van der Waals surface area contributed by atoms with Crippen molar-refractivity contribution in [2.45, 2.75) is 25.8 Å². The molecule has 0 radical (unpaired) electrons. The largest absolute Gasteiger partial charge is 0.481 e. The zero-order valence-electron chi connectivity index (χ0n) is 9.44. The van der Waals surface area contributed by atoms with Gasteiger partial charge in [0.25, 0.3) is 0 Å². The van der Waals surface area contributed by atoms with Gasteiger partial charge >= 0.3 is 0 Å². The molecule has 1 saturated heterocycles. The molecule has 1 aromatic rings. The highest BCUT2D eigenvalue weighted by atomic mass is 16.5. The van der Waals surface area contributed by atoms with Crippen LogP contribution in [-0.2, 0) is 0 Å². The number of hydrogen-bond acceptors (Lipinski definition) is 3. The first-order valence-corrected chi connectivity index (χ1v) is 5.59. The monoisotopic (exact) mass is 206 g/mol. The third kappa shape index (κ3) is 2.12. The topological polar surface area (TPSA) is 25.4 Å². The number of rotatable bonds is 3. The molecule has 15 heavy (non-hydrogen) atoms. The van der Waals surface area contributed by atoms with E-state index in [0.29, 0.717) is 11.9 Å². The molecule has 0 aromatic carbocycles. The first-order valence-electron chi connectivity index (χ1n) is 5.59. The van der Waals surface area contributed by atoms with Gasteiger partial charge in [0.15, 0.2) is 0 Å². The lowest BCUT2D eigenvalue weighted by atomic mass is 10.1. The van der Waals surface area contributed by atoms with E-state index in [1.165, 1.54) is 24.9 Å². The lowest BCUT2D eigenvalue weighted by Gasteiger charge is -2.22. The average molecular weight is 206 g/mol. The van der Waals surface area contributed by atoms with Crippen LogP contribution in [0, 0.1) is 0 Å². The highest BCUT2D eigenvalue weighted by Crippen LogP contribution is 2.31. The summed E-state index contributed by atoms with van der Waals surface area (Å²) >= 11 is 0. The third-order valence-corrected chi connectivity index (χ3v) is 3.12. The van der Waals surface area contributed by atoms with Gasteiger partial charge in [-0.1, -0.05) is 13.0 Å². The Hall–Kier alpha value is -1.09. The van der Waals surface area contributed by atoms with Crippen LogP contribution in [0.2, 0.25) is 0 Å². The van der Waals surface area contributed by atoms with E-state index in [9.17, 15) is 0 Å². The van der Waals surface area contributed by atoms with Gasteiger partial charge in [-0.3, -0.25) is 4.90 Å². The summed E-state index contributed by atoms with van der Waals surface area (Å²) in [6, 6.07) is 4.64. The summed E-state index contributed by atoms with van der Waals surface area (Å²) in [5.41, 5.74) is 1.31. The van der Waals surface area contributed by atoms with Crippen molar-refractivity contribution in [3.63, 3.8) is 0 Å². The maximum atomic E-state index is 5.06. The fourth-order valence-electron chi connectivity index (χ4n) is 2.29. The number of nitrogens with zero attached hydrogens (tertiary/aromatic N) is 2. The predicted molar refractivity (Wildman–Crippen MR) is 60.0 cm³/mol. The molecule has 0 saturated carbocycles. The SMILES string of the molecule is CCN1CCCC1c1ccc(OC)nc1. The van der Waals surface area contributed by atoms with Crippen LogP contribution in [0.15, 0.2) is 18.3 Å². The van der Waals surface area contributed by atoms with Gasteiger partial charge in [-0.05, 0) is 31.5 Å². The molecule has 82 valence electrons. The molecule has 1 fully saturated rings. The molecule has 3 nitrogen and oxygen atoms in total. The molecule has 2 heterocycles. The van der Waals surface area contributed by atoms with E-state index in [-0.39, 0.29) is 0 Å². The quantitative estimate of drug-likeness (QED) is 0.758. The minimum atomic E-state index is 0.563. The summed E-state index contributed by atoms with van der Waals surface area (Å²) in [4.78, 5) is 6.77. The molecule has 0 amide bonds. The molecule has 3 heteroatoms. The Bertz CT molecular complexity index is 310. The van der Waals surface area contributed by atoms with Crippen LogP contribution in [0.4, 0.5) is 0 Å². The van der Waals surface area contributed by atoms with Gasteiger partial charge in [-0.15, -0.1) is 0 Å². The molecule has 1 aliphatic rings. The Balaban J connectivity index is 2.14. The average Bonchev–Trinajstić information content (AvgIpc) is 2.77. The summed E-state index contributed by atoms with van der Waals surface area (Å²) in [5.74, 6) is 0.694. The first kappa shape index (κ1) is 10.4. The van der Waals surface area contributed by atoms with E-state index >= 15 is 0 Å². The van der Waals surface area contributed by atoms with Crippen LogP contribution in [-0.4, -0.2) is 30.1 Å². The number of methoxy groups -OCH3 is 1. The van der Waals surface area contributed by atoms with Crippen LogP contribution < -0.4 is 4.74 Å². The van der Waals surface area contributed by atoms with E-state index in [4.69, 9.17) is 4.74 Å². The Morgan fingerprint density at radius 3 is 3.00 bits per heavy atom. The molecule has 1 atom stereocenters. The van der Waals surface area contributed by atoms with Crippen LogP contribution in [0.3, 0.4) is 0 Å². The number of pyridine rings is 1. The van der Waals surface area contributed by atoms with E-state index < -0.39 is 0 Å². The second-order valence-corrected chi connectivity index (χ2v) is 3.92. The summed E-state index contributed by atoms with van der Waals surface area (Å²) in [5, 5.41) is 0. The Labute approximate surface area is 91.1 Å². The Kier molecular flexibility index (Phi) is 3.21. The van der Waals surface area contributed by atoms with E-state index in [1.807, 2.05) is 12.3 Å². The molecule has 1 unspecified atom stereocenters. The van der Waals surface area contributed by atoms with Crippen molar-refractivity contribution in [2.24, 2.45) is 0 Å². The highest BCUT2D eigenvalue weighted by Gasteiger charge is 2.24. The molecule has 0 bridgehead atoms. The third-order valence-electron chi connectivity index (χ3n) is 3.12. The summed E-state index contributed by atoms with van der Waals surface area (Å²) in [6.07, 6.45) is 4.49. The van der Waals surface area contributed by atoms with Crippen LogP contribution >= 0.6 is 0 Å². The molecule has 1 aromatic heterocycles. The molecular formula is C12H18N2O. The second-order valence-electron chi connectivity index (χ2n) is 3.92. The van der Waals surface area contributed by atoms with Gasteiger partial charge < -0.3 is 4.74 Å². The van der Waals surface area contributed by atoms with E-state index in [2.05, 4.69) is 22.9 Å². The molecular weight excluding hydrogens is 188 g/mol. The zero-order chi connectivity index (χ0) is 10.7. The summed E-state index contributed by atoms with van der Waals surface area (Å²) in [6.45, 7) is 4.55. The fourth-order valence-corrected chi connectivity index (χ4v) is 2.29. The van der Waals surface area contributed by atoms with Gasteiger partial charge in [0, 0.05) is 18.3 Å². The van der Waals surface area contributed by atoms with Crippen molar-refractivity contribution in [2.75, 3.05) is 20.2 Å². The van der Waals surface area contributed by atoms with Crippen LogP contribution in [0.5, 0.6) is 5.88 Å². The maximum Gasteiger partial charge on any atom is 0.212 e. The Morgan fingerprint density at radius 2 is 2.40 bits per heavy atom. The minimum absolute atomic E-state index is 0.563. The molecule has 2 rings (SSSR count). The smallest absolute Gasteiger partial charge is 0.212 e. The number of likely N-dealkylation sites (tertiary alicyclic amines) is 1. The standard InChI is InChI=1S/C12H18N2O/c1-3-14-8-4-5-11(14)10-6-7-12(15-2)13-9-10/h6-7,9,11H,3-5,8H2,1-2H3. The van der Waals surface area contributed by atoms with Gasteiger partial charge in [-0.2, -0.15) is 0 Å². The summed E-state index contributed by atoms with van der Waals surface area (Å²) in [7, 11) is 1.65. The van der Waals surface area contributed by atoms with Crippen molar-refractivity contribution in [1.82, 2.24) is 9.88 Å². The zero-order valence-corrected chi connectivity index (χ0v) is 9.44.